The Morgan fingerprint density at radius 2 is 1.77 bits per heavy atom. The van der Waals surface area contributed by atoms with Gasteiger partial charge in [-0.3, -0.25) is 4.79 Å². The topological polar surface area (TPSA) is 96.0 Å². The fourth-order valence-electron chi connectivity index (χ4n) is 4.23. The van der Waals surface area contributed by atoms with E-state index >= 15 is 0 Å². The summed E-state index contributed by atoms with van der Waals surface area (Å²) >= 11 is 0.985. The van der Waals surface area contributed by atoms with Crippen LogP contribution in [0.3, 0.4) is 0 Å². The van der Waals surface area contributed by atoms with Crippen molar-refractivity contribution in [1.29, 1.82) is 0 Å². The molecule has 3 aromatic carbocycles. The molecule has 0 aliphatic rings. The molecule has 7 nitrogen and oxygen atoms in total. The normalized spacial score (nSPS) is 12.1. The molecular formula is C26H24N4O3S2. The smallest absolute Gasteiger partial charge is 0.252 e. The van der Waals surface area contributed by atoms with E-state index in [-0.39, 0.29) is 23.5 Å². The Bertz CT molecular complexity index is 1690. The third kappa shape index (κ3) is 4.62. The van der Waals surface area contributed by atoms with Crippen LogP contribution in [0.1, 0.15) is 22.3 Å². The number of hydrogen-bond acceptors (Lipinski definition) is 6. The van der Waals surface area contributed by atoms with Gasteiger partial charge >= 0.3 is 0 Å². The molecule has 5 rings (SSSR count). The minimum atomic E-state index is -3.99. The van der Waals surface area contributed by atoms with Crippen LogP contribution in [0.5, 0.6) is 0 Å². The van der Waals surface area contributed by atoms with E-state index in [1.165, 1.54) is 4.31 Å². The maximum atomic E-state index is 14.1. The maximum absolute atomic E-state index is 14.1. The van der Waals surface area contributed by atoms with Crippen LogP contribution in [-0.2, 0) is 23.0 Å². The van der Waals surface area contributed by atoms with E-state index in [9.17, 15) is 13.2 Å². The zero-order valence-electron chi connectivity index (χ0n) is 19.4. The molecule has 2 aromatic heterocycles. The Balaban J connectivity index is 1.59. The van der Waals surface area contributed by atoms with Gasteiger partial charge < -0.3 is 4.98 Å². The Morgan fingerprint density at radius 3 is 2.57 bits per heavy atom. The number of nitrogens with one attached hydrogen (secondary N) is 1. The molecule has 0 amide bonds. The molecule has 5 aromatic rings. The molecule has 0 radical (unpaired) electrons. The summed E-state index contributed by atoms with van der Waals surface area (Å²) in [4.78, 5) is 16.0. The molecule has 0 saturated carbocycles. The van der Waals surface area contributed by atoms with Crippen LogP contribution in [-0.4, -0.2) is 33.0 Å². The van der Waals surface area contributed by atoms with Crippen molar-refractivity contribution in [3.63, 3.8) is 0 Å². The number of aryl methyl sites for hydroxylation is 2. The summed E-state index contributed by atoms with van der Waals surface area (Å²) in [6, 6.07) is 20.8. The van der Waals surface area contributed by atoms with Crippen LogP contribution in [0, 0.1) is 13.8 Å². The lowest BCUT2D eigenvalue weighted by Gasteiger charge is -2.23. The van der Waals surface area contributed by atoms with Crippen LogP contribution in [0.15, 0.2) is 76.4 Å². The second-order valence-electron chi connectivity index (χ2n) is 8.63. The molecular weight excluding hydrogens is 480 g/mol. The van der Waals surface area contributed by atoms with Gasteiger partial charge in [-0.1, -0.05) is 48.5 Å². The number of hydrogen-bond donors (Lipinski definition) is 1. The minimum absolute atomic E-state index is 0.0539. The summed E-state index contributed by atoms with van der Waals surface area (Å²) in [5.74, 6) is 0. The van der Waals surface area contributed by atoms with Crippen molar-refractivity contribution in [2.75, 3.05) is 6.54 Å². The van der Waals surface area contributed by atoms with Crippen molar-refractivity contribution in [2.45, 2.75) is 31.7 Å². The Labute approximate surface area is 207 Å². The van der Waals surface area contributed by atoms with Gasteiger partial charge in [-0.15, -0.1) is 0 Å². The largest absolute Gasteiger partial charge is 0.322 e. The van der Waals surface area contributed by atoms with Crippen LogP contribution >= 0.6 is 11.7 Å². The summed E-state index contributed by atoms with van der Waals surface area (Å²) in [6.07, 6.45) is 0.509. The molecule has 0 bridgehead atoms. The predicted octanol–water partition coefficient (Wildman–Crippen LogP) is 4.58. The van der Waals surface area contributed by atoms with Gasteiger partial charge in [-0.05, 0) is 60.5 Å². The van der Waals surface area contributed by atoms with E-state index in [0.717, 1.165) is 33.8 Å². The number of rotatable bonds is 7. The van der Waals surface area contributed by atoms with Crippen molar-refractivity contribution < 1.29 is 8.42 Å². The highest BCUT2D eigenvalue weighted by atomic mass is 32.2. The molecule has 1 N–H and O–H groups in total. The highest BCUT2D eigenvalue weighted by molar-refractivity contribution is 7.89. The number of nitrogens with zero attached hydrogens (tertiary/aromatic N) is 3. The Kier molecular flexibility index (Phi) is 6.22. The monoisotopic (exact) mass is 504 g/mol. The number of benzene rings is 3. The predicted molar refractivity (Wildman–Crippen MR) is 139 cm³/mol. The lowest BCUT2D eigenvalue weighted by atomic mass is 10.1. The Morgan fingerprint density at radius 1 is 0.971 bits per heavy atom. The fourth-order valence-corrected chi connectivity index (χ4v) is 6.60. The standard InChI is InChI=1S/C26H24N4O3S2/c1-17-8-10-20-15-21(26(31)27-23(20)14-17)16-30(13-12-19-6-4-3-5-7-19)35(32,33)25-18(2)9-11-22-24(25)29-34-28-22/h3-11,14-15H,12-13,16H2,1-2H3,(H,27,31). The third-order valence-corrected chi connectivity index (χ3v) is 8.66. The van der Waals surface area contributed by atoms with Gasteiger partial charge in [0, 0.05) is 24.2 Å². The molecule has 178 valence electrons. The molecule has 0 unspecified atom stereocenters. The van der Waals surface area contributed by atoms with E-state index < -0.39 is 10.0 Å². The van der Waals surface area contributed by atoms with Gasteiger partial charge in [0.25, 0.3) is 5.56 Å². The van der Waals surface area contributed by atoms with Gasteiger partial charge in [0.1, 0.15) is 15.9 Å². The van der Waals surface area contributed by atoms with Gasteiger partial charge in [-0.25, -0.2) is 8.42 Å². The molecule has 0 spiro atoms. The molecule has 9 heteroatoms. The van der Waals surface area contributed by atoms with E-state index in [2.05, 4.69) is 13.7 Å². The average Bonchev–Trinajstić information content (AvgIpc) is 3.30. The fraction of sp³-hybridized carbons (Fsp3) is 0.192. The van der Waals surface area contributed by atoms with Crippen LogP contribution in [0.2, 0.25) is 0 Å². The zero-order chi connectivity index (χ0) is 24.6. The van der Waals surface area contributed by atoms with Crippen molar-refractivity contribution in [1.82, 2.24) is 18.0 Å². The van der Waals surface area contributed by atoms with Crippen LogP contribution in [0.4, 0.5) is 0 Å². The lowest BCUT2D eigenvalue weighted by molar-refractivity contribution is 0.408. The molecule has 0 saturated heterocycles. The van der Waals surface area contributed by atoms with Crippen molar-refractivity contribution in [3.05, 3.63) is 99.3 Å². The highest BCUT2D eigenvalue weighted by Gasteiger charge is 2.30. The number of H-pyrrole nitrogens is 1. The van der Waals surface area contributed by atoms with Crippen LogP contribution < -0.4 is 5.56 Å². The summed E-state index contributed by atoms with van der Waals surface area (Å²) in [5, 5.41) is 0.854. The van der Waals surface area contributed by atoms with E-state index in [0.29, 0.717) is 28.6 Å². The quantitative estimate of drug-likeness (QED) is 0.350. The summed E-state index contributed by atoms with van der Waals surface area (Å²) < 4.78 is 38.0. The zero-order valence-corrected chi connectivity index (χ0v) is 21.0. The van der Waals surface area contributed by atoms with Gasteiger partial charge in [0.2, 0.25) is 10.0 Å². The molecule has 35 heavy (non-hydrogen) atoms. The molecule has 2 heterocycles. The molecule has 0 fully saturated rings. The SMILES string of the molecule is Cc1ccc2cc(CN(CCc3ccccc3)S(=O)(=O)c3c(C)ccc4nsnc34)c(=O)[nH]c2c1. The van der Waals surface area contributed by atoms with E-state index in [1.54, 1.807) is 25.1 Å². The Hall–Kier alpha value is -3.40. The first-order valence-corrected chi connectivity index (χ1v) is 13.4. The van der Waals surface area contributed by atoms with Crippen molar-refractivity contribution in [2.24, 2.45) is 0 Å². The summed E-state index contributed by atoms with van der Waals surface area (Å²) in [6.45, 7) is 3.87. The van der Waals surface area contributed by atoms with Crippen molar-refractivity contribution in [3.8, 4) is 0 Å². The van der Waals surface area contributed by atoms with E-state index in [4.69, 9.17) is 0 Å². The maximum Gasteiger partial charge on any atom is 0.252 e. The highest BCUT2D eigenvalue weighted by Crippen LogP contribution is 2.29. The first-order valence-electron chi connectivity index (χ1n) is 11.2. The first kappa shape index (κ1) is 23.3. The lowest BCUT2D eigenvalue weighted by Crippen LogP contribution is -2.35. The number of pyridine rings is 1. The first-order chi connectivity index (χ1) is 16.8. The van der Waals surface area contributed by atoms with Crippen molar-refractivity contribution >= 4 is 43.7 Å². The van der Waals surface area contributed by atoms with Gasteiger partial charge in [0.05, 0.1) is 11.7 Å². The number of fused-ring (bicyclic) bond motifs is 2. The molecule has 0 atom stereocenters. The average molecular weight is 505 g/mol. The van der Waals surface area contributed by atoms with Gasteiger partial charge in [-0.2, -0.15) is 13.1 Å². The number of aromatic nitrogens is 3. The van der Waals surface area contributed by atoms with Crippen LogP contribution in [0.25, 0.3) is 21.9 Å². The van der Waals surface area contributed by atoms with E-state index in [1.807, 2.05) is 55.5 Å². The number of sulfonamides is 1. The summed E-state index contributed by atoms with van der Waals surface area (Å²) in [7, 11) is -3.99. The third-order valence-electron chi connectivity index (χ3n) is 6.09. The van der Waals surface area contributed by atoms with Gasteiger partial charge in [0.15, 0.2) is 0 Å². The molecule has 0 aliphatic carbocycles. The second-order valence-corrected chi connectivity index (χ2v) is 11.0. The minimum Gasteiger partial charge on any atom is -0.322 e. The number of aromatic amines is 1. The summed E-state index contributed by atoms with van der Waals surface area (Å²) in [5.41, 5.74) is 4.37. The molecule has 0 aliphatic heterocycles. The second kappa shape index (κ2) is 9.33.